The van der Waals surface area contributed by atoms with Crippen LogP contribution in [0.3, 0.4) is 0 Å². The van der Waals surface area contributed by atoms with Crippen molar-refractivity contribution < 1.29 is 4.74 Å². The van der Waals surface area contributed by atoms with Crippen molar-refractivity contribution in [1.82, 2.24) is 15.0 Å². The molecule has 1 aromatic heterocycles. The van der Waals surface area contributed by atoms with E-state index in [2.05, 4.69) is 120 Å². The molecule has 0 bridgehead atoms. The average Bonchev–Trinajstić information content (AvgIpc) is 3.31. The molecular formula is C53H34N4O. The van der Waals surface area contributed by atoms with Gasteiger partial charge in [0.05, 0.1) is 12.0 Å². The molecule has 1 aliphatic rings. The molecular weight excluding hydrogens is 709 g/mol. The van der Waals surface area contributed by atoms with E-state index in [4.69, 9.17) is 26.3 Å². The second-order valence-electron chi connectivity index (χ2n) is 14.2. The molecule has 5 nitrogen and oxygen atoms in total. The Morgan fingerprint density at radius 2 is 0.879 bits per heavy atom. The van der Waals surface area contributed by atoms with E-state index in [1.807, 2.05) is 91.0 Å². The van der Waals surface area contributed by atoms with Gasteiger partial charge in [-0.05, 0) is 39.9 Å². The van der Waals surface area contributed by atoms with Gasteiger partial charge in [-0.15, -0.1) is 0 Å². The summed E-state index contributed by atoms with van der Waals surface area (Å²) in [7, 11) is 0. The number of benzene rings is 8. The first-order valence-electron chi connectivity index (χ1n) is 19.2. The van der Waals surface area contributed by atoms with Crippen LogP contribution in [-0.2, 0) is 5.41 Å². The van der Waals surface area contributed by atoms with Crippen molar-refractivity contribution in [2.45, 2.75) is 5.41 Å². The maximum atomic E-state index is 7.65. The summed E-state index contributed by atoms with van der Waals surface area (Å²) >= 11 is 0. The Kier molecular flexibility index (Phi) is 8.70. The first-order valence-corrected chi connectivity index (χ1v) is 19.2. The van der Waals surface area contributed by atoms with Gasteiger partial charge in [0.2, 0.25) is 0 Å². The summed E-state index contributed by atoms with van der Waals surface area (Å²) in [6.45, 7) is 7.65. The van der Waals surface area contributed by atoms with E-state index in [0.29, 0.717) is 23.2 Å². The summed E-state index contributed by atoms with van der Waals surface area (Å²) in [5, 5.41) is 0. The molecule has 58 heavy (non-hydrogen) atoms. The van der Waals surface area contributed by atoms with Crippen molar-refractivity contribution in [2.75, 3.05) is 0 Å². The van der Waals surface area contributed by atoms with Crippen molar-refractivity contribution in [1.29, 1.82) is 0 Å². The fourth-order valence-electron chi connectivity index (χ4n) is 8.25. The van der Waals surface area contributed by atoms with Crippen molar-refractivity contribution >= 4 is 5.69 Å². The third-order valence-corrected chi connectivity index (χ3v) is 10.9. The number of ether oxygens (including phenoxy) is 1. The molecule has 272 valence electrons. The van der Waals surface area contributed by atoms with Crippen LogP contribution in [0.5, 0.6) is 11.5 Å². The Bertz CT molecular complexity index is 2940. The Balaban J connectivity index is 1.12. The molecule has 0 saturated heterocycles. The zero-order valence-electron chi connectivity index (χ0n) is 31.3. The minimum absolute atomic E-state index is 0.562. The quantitative estimate of drug-likeness (QED) is 0.153. The van der Waals surface area contributed by atoms with E-state index < -0.39 is 5.41 Å². The molecule has 0 N–H and O–H groups in total. The summed E-state index contributed by atoms with van der Waals surface area (Å²) in [6.07, 6.45) is 0. The van der Waals surface area contributed by atoms with Crippen molar-refractivity contribution in [3.63, 3.8) is 0 Å². The number of hydrogen-bond donors (Lipinski definition) is 0. The lowest BCUT2D eigenvalue weighted by molar-refractivity contribution is 0.436. The van der Waals surface area contributed by atoms with Gasteiger partial charge in [-0.1, -0.05) is 194 Å². The van der Waals surface area contributed by atoms with E-state index in [1.54, 1.807) is 0 Å². The highest BCUT2D eigenvalue weighted by atomic mass is 16.5. The standard InChI is InChI=1S/C53H34N4O/c1-54-47-29-13-11-25-43(47)36-31-33-38(34-32-36)51-55-50(37-17-5-2-6-18-37)56-52(57-51)40-20-15-19-39(35-40)44-26-16-28-46-49(44)58-48-30-14-12-27-45(48)53(46,41-21-7-3-8-22-41)42-23-9-4-10-24-42/h2-35H. The van der Waals surface area contributed by atoms with Crippen LogP contribution < -0.4 is 4.74 Å². The summed E-state index contributed by atoms with van der Waals surface area (Å²) in [6, 6.07) is 70.4. The molecule has 0 amide bonds. The zero-order valence-corrected chi connectivity index (χ0v) is 31.3. The monoisotopic (exact) mass is 742 g/mol. The molecule has 0 fully saturated rings. The molecule has 0 atom stereocenters. The molecule has 0 spiro atoms. The van der Waals surface area contributed by atoms with Gasteiger partial charge >= 0.3 is 0 Å². The highest BCUT2D eigenvalue weighted by Crippen LogP contribution is 2.57. The third-order valence-electron chi connectivity index (χ3n) is 10.9. The van der Waals surface area contributed by atoms with E-state index in [-0.39, 0.29) is 0 Å². The van der Waals surface area contributed by atoms with E-state index in [9.17, 15) is 0 Å². The molecule has 2 heterocycles. The predicted molar refractivity (Wildman–Crippen MR) is 232 cm³/mol. The van der Waals surface area contributed by atoms with Crippen LogP contribution in [0.2, 0.25) is 0 Å². The molecule has 9 aromatic rings. The third kappa shape index (κ3) is 5.92. The van der Waals surface area contributed by atoms with Crippen LogP contribution in [0.4, 0.5) is 5.69 Å². The van der Waals surface area contributed by atoms with E-state index in [0.717, 1.165) is 61.6 Å². The van der Waals surface area contributed by atoms with Gasteiger partial charge in [-0.25, -0.2) is 19.8 Å². The van der Waals surface area contributed by atoms with Gasteiger partial charge in [0, 0.05) is 33.4 Å². The Morgan fingerprint density at radius 3 is 1.57 bits per heavy atom. The molecule has 0 radical (unpaired) electrons. The van der Waals surface area contributed by atoms with E-state index in [1.165, 1.54) is 11.1 Å². The van der Waals surface area contributed by atoms with Crippen LogP contribution >= 0.6 is 0 Å². The lowest BCUT2D eigenvalue weighted by Gasteiger charge is -2.42. The van der Waals surface area contributed by atoms with Crippen LogP contribution in [-0.4, -0.2) is 15.0 Å². The van der Waals surface area contributed by atoms with E-state index >= 15 is 0 Å². The molecule has 0 saturated carbocycles. The van der Waals surface area contributed by atoms with Crippen LogP contribution in [0, 0.1) is 6.57 Å². The van der Waals surface area contributed by atoms with Gasteiger partial charge < -0.3 is 4.74 Å². The number of hydrogen-bond acceptors (Lipinski definition) is 4. The fourth-order valence-corrected chi connectivity index (χ4v) is 8.25. The molecule has 0 aliphatic carbocycles. The number of nitrogens with zero attached hydrogens (tertiary/aromatic N) is 4. The fraction of sp³-hybridized carbons (Fsp3) is 0.0189. The second-order valence-corrected chi connectivity index (χ2v) is 14.2. The van der Waals surface area contributed by atoms with Crippen molar-refractivity contribution in [3.05, 3.63) is 240 Å². The maximum absolute atomic E-state index is 7.65. The van der Waals surface area contributed by atoms with Gasteiger partial charge in [-0.2, -0.15) is 0 Å². The highest BCUT2D eigenvalue weighted by Gasteiger charge is 2.45. The zero-order chi connectivity index (χ0) is 38.9. The average molecular weight is 743 g/mol. The molecule has 8 aromatic carbocycles. The van der Waals surface area contributed by atoms with Gasteiger partial charge in [-0.3, -0.25) is 0 Å². The Morgan fingerprint density at radius 1 is 0.397 bits per heavy atom. The van der Waals surface area contributed by atoms with Crippen LogP contribution in [0.1, 0.15) is 22.3 Å². The number of para-hydroxylation sites is 3. The maximum Gasteiger partial charge on any atom is 0.194 e. The molecule has 0 unspecified atom stereocenters. The topological polar surface area (TPSA) is 52.3 Å². The summed E-state index contributed by atoms with van der Waals surface area (Å²) in [5.41, 5.74) is 10.9. The largest absolute Gasteiger partial charge is 0.456 e. The summed E-state index contributed by atoms with van der Waals surface area (Å²) in [4.78, 5) is 18.8. The summed E-state index contributed by atoms with van der Waals surface area (Å²) in [5.74, 6) is 3.34. The van der Waals surface area contributed by atoms with Crippen molar-refractivity contribution in [2.24, 2.45) is 0 Å². The minimum Gasteiger partial charge on any atom is -0.456 e. The summed E-state index contributed by atoms with van der Waals surface area (Å²) < 4.78 is 6.96. The number of fused-ring (bicyclic) bond motifs is 2. The molecule has 5 heteroatoms. The first kappa shape index (κ1) is 34.5. The second kappa shape index (κ2) is 14.6. The number of aromatic nitrogens is 3. The normalized spacial score (nSPS) is 12.4. The Hall–Kier alpha value is -7.94. The Labute approximate surface area is 337 Å². The van der Waals surface area contributed by atoms with Crippen molar-refractivity contribution in [3.8, 4) is 67.9 Å². The number of rotatable bonds is 7. The SMILES string of the molecule is [C-]#[N+]c1ccccc1-c1ccc(-c2nc(-c3ccccc3)nc(-c3cccc(-c4cccc5c4Oc4ccccc4C5(c4ccccc4)c4ccccc4)c3)n2)cc1. The minimum atomic E-state index is -0.623. The van der Waals surface area contributed by atoms with Crippen LogP contribution in [0.15, 0.2) is 206 Å². The highest BCUT2D eigenvalue weighted by molar-refractivity contribution is 5.82. The van der Waals surface area contributed by atoms with Gasteiger partial charge in [0.15, 0.2) is 23.2 Å². The van der Waals surface area contributed by atoms with Gasteiger partial charge in [0.25, 0.3) is 0 Å². The van der Waals surface area contributed by atoms with Crippen LogP contribution in [0.25, 0.3) is 61.3 Å². The van der Waals surface area contributed by atoms with Gasteiger partial charge in [0.1, 0.15) is 11.5 Å². The predicted octanol–water partition coefficient (Wildman–Crippen LogP) is 13.2. The lowest BCUT2D eigenvalue weighted by Crippen LogP contribution is -2.34. The first-order chi connectivity index (χ1) is 28.7. The molecule has 1 aliphatic heterocycles. The lowest BCUT2D eigenvalue weighted by atomic mass is 9.63. The molecule has 10 rings (SSSR count). The smallest absolute Gasteiger partial charge is 0.194 e.